The monoisotopic (exact) mass is 538 g/mol. The molecule has 9 heteroatoms. The van der Waals surface area contributed by atoms with Gasteiger partial charge in [-0.05, 0) is 63.1 Å². The SMILES string of the molecule is COCCCC[C@@](O)(c1ccccc1Oc1ccccc1C)[C@@H]1CCCN(/C(=C/[N+](=O)[O-])N2CC[C@@H](N)C2)C1. The third kappa shape index (κ3) is 7.09. The number of aryl methyl sites for hydroxylation is 1. The molecule has 0 spiro atoms. The van der Waals surface area contributed by atoms with Gasteiger partial charge in [-0.25, -0.2) is 0 Å². The predicted molar refractivity (Wildman–Crippen MR) is 151 cm³/mol. The molecule has 0 amide bonds. The van der Waals surface area contributed by atoms with E-state index in [4.69, 9.17) is 15.2 Å². The van der Waals surface area contributed by atoms with E-state index in [1.54, 1.807) is 7.11 Å². The summed E-state index contributed by atoms with van der Waals surface area (Å²) >= 11 is 0. The number of piperidine rings is 1. The number of nitrogens with zero attached hydrogens (tertiary/aromatic N) is 3. The van der Waals surface area contributed by atoms with Crippen LogP contribution in [0, 0.1) is 23.0 Å². The normalized spacial score (nSPS) is 21.6. The van der Waals surface area contributed by atoms with Crippen LogP contribution in [0.3, 0.4) is 0 Å². The molecule has 0 aromatic heterocycles. The number of hydrogen-bond donors (Lipinski definition) is 2. The van der Waals surface area contributed by atoms with Crippen molar-refractivity contribution < 1.29 is 19.5 Å². The summed E-state index contributed by atoms with van der Waals surface area (Å²) in [5, 5.41) is 24.2. The summed E-state index contributed by atoms with van der Waals surface area (Å²) in [6, 6.07) is 15.6. The third-order valence-corrected chi connectivity index (χ3v) is 8.01. The first-order chi connectivity index (χ1) is 18.8. The molecule has 0 unspecified atom stereocenters. The maximum Gasteiger partial charge on any atom is 0.274 e. The first kappa shape index (κ1) is 28.9. The van der Waals surface area contributed by atoms with Crippen molar-refractivity contribution in [3.05, 3.63) is 81.8 Å². The number of nitro groups is 1. The molecule has 2 aliphatic heterocycles. The van der Waals surface area contributed by atoms with Crippen LogP contribution < -0.4 is 10.5 Å². The van der Waals surface area contributed by atoms with Crippen molar-refractivity contribution in [2.45, 2.75) is 57.1 Å². The van der Waals surface area contributed by atoms with Crippen molar-refractivity contribution in [1.82, 2.24) is 9.80 Å². The highest BCUT2D eigenvalue weighted by atomic mass is 16.6. The maximum atomic E-state index is 12.6. The molecule has 0 radical (unpaired) electrons. The number of benzene rings is 2. The molecule has 2 aromatic rings. The van der Waals surface area contributed by atoms with Gasteiger partial charge in [-0.1, -0.05) is 36.4 Å². The Morgan fingerprint density at radius 3 is 2.51 bits per heavy atom. The number of hydrogen-bond acceptors (Lipinski definition) is 8. The molecule has 0 bridgehead atoms. The number of aliphatic hydroxyl groups is 1. The minimum Gasteiger partial charge on any atom is -0.457 e. The van der Waals surface area contributed by atoms with E-state index in [2.05, 4.69) is 4.90 Å². The molecule has 2 saturated heterocycles. The minimum atomic E-state index is -1.19. The number of ether oxygens (including phenoxy) is 2. The van der Waals surface area contributed by atoms with Gasteiger partial charge < -0.3 is 30.1 Å². The maximum absolute atomic E-state index is 12.6. The standard InChI is InChI=1S/C30H42N4O5/c1-23-10-3-5-13-27(23)39-28-14-6-4-12-26(28)30(35,16-7-8-19-38-2)24-11-9-17-32(20-24)29(22-34(36)37)33-18-15-25(31)21-33/h3-6,10,12-14,22,24-25,35H,7-9,11,15-21,31H2,1-2H3/b29-22-/t24-,25-,30+/m1/s1. The zero-order chi connectivity index (χ0) is 27.8. The van der Waals surface area contributed by atoms with E-state index in [9.17, 15) is 15.2 Å². The van der Waals surface area contributed by atoms with Crippen LogP contribution >= 0.6 is 0 Å². The van der Waals surface area contributed by atoms with Crippen LogP contribution in [0.25, 0.3) is 0 Å². The fraction of sp³-hybridized carbons (Fsp3) is 0.533. The van der Waals surface area contributed by atoms with Gasteiger partial charge in [-0.15, -0.1) is 0 Å². The predicted octanol–water partition coefficient (Wildman–Crippen LogP) is 4.61. The second-order valence-electron chi connectivity index (χ2n) is 10.8. The Kier molecular flexibility index (Phi) is 9.83. The van der Waals surface area contributed by atoms with Crippen LogP contribution in [-0.2, 0) is 10.3 Å². The van der Waals surface area contributed by atoms with Gasteiger partial charge in [0, 0.05) is 57.4 Å². The van der Waals surface area contributed by atoms with Crippen LogP contribution in [0.2, 0.25) is 0 Å². The molecule has 0 saturated carbocycles. The molecule has 2 fully saturated rings. The summed E-state index contributed by atoms with van der Waals surface area (Å²) in [5.74, 6) is 1.81. The van der Waals surface area contributed by atoms with Gasteiger partial charge in [0.05, 0.1) is 10.5 Å². The van der Waals surface area contributed by atoms with E-state index in [1.807, 2.05) is 60.4 Å². The number of methoxy groups -OCH3 is 1. The van der Waals surface area contributed by atoms with Crippen molar-refractivity contribution >= 4 is 0 Å². The lowest BCUT2D eigenvalue weighted by atomic mass is 9.73. The lowest BCUT2D eigenvalue weighted by Crippen LogP contribution is -2.48. The number of unbranched alkanes of at least 4 members (excludes halogenated alkanes) is 1. The van der Waals surface area contributed by atoms with E-state index >= 15 is 0 Å². The first-order valence-electron chi connectivity index (χ1n) is 14.0. The first-order valence-corrected chi connectivity index (χ1v) is 14.0. The van der Waals surface area contributed by atoms with Gasteiger partial charge in [-0.3, -0.25) is 10.1 Å². The summed E-state index contributed by atoms with van der Waals surface area (Å²) < 4.78 is 11.7. The molecule has 4 rings (SSSR count). The Morgan fingerprint density at radius 2 is 1.82 bits per heavy atom. The molecule has 39 heavy (non-hydrogen) atoms. The second-order valence-corrected chi connectivity index (χ2v) is 10.8. The molecule has 212 valence electrons. The molecule has 2 aromatic carbocycles. The molecule has 2 aliphatic rings. The molecule has 9 nitrogen and oxygen atoms in total. The third-order valence-electron chi connectivity index (χ3n) is 8.01. The van der Waals surface area contributed by atoms with Gasteiger partial charge in [0.15, 0.2) is 5.82 Å². The molecular formula is C30H42N4O5. The zero-order valence-corrected chi connectivity index (χ0v) is 23.1. The van der Waals surface area contributed by atoms with Gasteiger partial charge in [0.1, 0.15) is 11.5 Å². The van der Waals surface area contributed by atoms with Crippen molar-refractivity contribution in [2.24, 2.45) is 11.7 Å². The van der Waals surface area contributed by atoms with E-state index < -0.39 is 5.60 Å². The summed E-state index contributed by atoms with van der Waals surface area (Å²) in [7, 11) is 1.68. The topological polar surface area (TPSA) is 114 Å². The molecule has 2 heterocycles. The molecule has 3 atom stereocenters. The van der Waals surface area contributed by atoms with E-state index in [0.29, 0.717) is 50.8 Å². The molecular weight excluding hydrogens is 496 g/mol. The van der Waals surface area contributed by atoms with Crippen molar-refractivity contribution in [3.63, 3.8) is 0 Å². The Balaban J connectivity index is 1.67. The minimum absolute atomic E-state index is 0.00364. The van der Waals surface area contributed by atoms with E-state index in [1.165, 1.54) is 0 Å². The van der Waals surface area contributed by atoms with Crippen molar-refractivity contribution in [2.75, 3.05) is 39.9 Å². The highest BCUT2D eigenvalue weighted by Gasteiger charge is 2.43. The van der Waals surface area contributed by atoms with Gasteiger partial charge in [-0.2, -0.15) is 0 Å². The average molecular weight is 539 g/mol. The summed E-state index contributed by atoms with van der Waals surface area (Å²) in [6.45, 7) is 5.11. The van der Waals surface area contributed by atoms with Crippen LogP contribution in [0.5, 0.6) is 11.5 Å². The fourth-order valence-electron chi connectivity index (χ4n) is 5.93. The summed E-state index contributed by atoms with van der Waals surface area (Å²) in [4.78, 5) is 15.3. The van der Waals surface area contributed by atoms with Crippen LogP contribution in [-0.4, -0.2) is 65.8 Å². The summed E-state index contributed by atoms with van der Waals surface area (Å²) in [5.41, 5.74) is 6.72. The molecule has 3 N–H and O–H groups in total. The largest absolute Gasteiger partial charge is 0.457 e. The second kappa shape index (κ2) is 13.3. The van der Waals surface area contributed by atoms with Gasteiger partial charge >= 0.3 is 0 Å². The van der Waals surface area contributed by atoms with Gasteiger partial charge in [0.2, 0.25) is 0 Å². The fourth-order valence-corrected chi connectivity index (χ4v) is 5.93. The van der Waals surface area contributed by atoms with Gasteiger partial charge in [0.25, 0.3) is 6.20 Å². The zero-order valence-electron chi connectivity index (χ0n) is 23.1. The van der Waals surface area contributed by atoms with E-state index in [-0.39, 0.29) is 16.9 Å². The average Bonchev–Trinajstić information content (AvgIpc) is 3.37. The van der Waals surface area contributed by atoms with Crippen molar-refractivity contribution in [3.8, 4) is 11.5 Å². The smallest absolute Gasteiger partial charge is 0.274 e. The quantitative estimate of drug-likeness (QED) is 0.229. The lowest BCUT2D eigenvalue weighted by molar-refractivity contribution is -0.405. The summed E-state index contributed by atoms with van der Waals surface area (Å²) in [6.07, 6.45) is 5.67. The Morgan fingerprint density at radius 1 is 1.10 bits per heavy atom. The highest BCUT2D eigenvalue weighted by Crippen LogP contribution is 2.45. The lowest BCUT2D eigenvalue weighted by Gasteiger charge is -2.45. The van der Waals surface area contributed by atoms with Crippen LogP contribution in [0.15, 0.2) is 60.6 Å². The Hall–Kier alpha value is -3.14. The number of rotatable bonds is 12. The van der Waals surface area contributed by atoms with Crippen LogP contribution in [0.4, 0.5) is 0 Å². The Labute approximate surface area is 231 Å². The van der Waals surface area contributed by atoms with E-state index in [0.717, 1.165) is 55.2 Å². The number of para-hydroxylation sites is 2. The number of likely N-dealkylation sites (tertiary alicyclic amines) is 2. The Bertz CT molecular complexity index is 1140. The van der Waals surface area contributed by atoms with Crippen LogP contribution in [0.1, 0.15) is 49.7 Å². The van der Waals surface area contributed by atoms with Crippen molar-refractivity contribution in [1.29, 1.82) is 0 Å². The highest BCUT2D eigenvalue weighted by molar-refractivity contribution is 5.44. The number of nitrogens with two attached hydrogens (primary N) is 1. The molecule has 0 aliphatic carbocycles.